The van der Waals surface area contributed by atoms with E-state index in [1.54, 1.807) is 10.9 Å². The van der Waals surface area contributed by atoms with Crippen LogP contribution in [0.1, 0.15) is 55.0 Å². The quantitative estimate of drug-likeness (QED) is 0.493. The van der Waals surface area contributed by atoms with Crippen molar-refractivity contribution in [2.24, 2.45) is 7.05 Å². The first kappa shape index (κ1) is 20.4. The van der Waals surface area contributed by atoms with E-state index in [4.69, 9.17) is 0 Å². The minimum atomic E-state index is -0.151. The molecule has 1 fully saturated rings. The molecule has 0 unspecified atom stereocenters. The van der Waals surface area contributed by atoms with E-state index in [2.05, 4.69) is 31.0 Å². The first-order valence-electron chi connectivity index (χ1n) is 10.2. The van der Waals surface area contributed by atoms with Gasteiger partial charge >= 0.3 is 0 Å². The van der Waals surface area contributed by atoms with Crippen molar-refractivity contribution < 1.29 is 4.79 Å². The maximum Gasteiger partial charge on any atom is 0.235 e. The maximum atomic E-state index is 12.8. The van der Waals surface area contributed by atoms with Crippen LogP contribution in [0.4, 0.5) is 5.82 Å². The lowest BCUT2D eigenvalue weighted by molar-refractivity contribution is -0.113. The summed E-state index contributed by atoms with van der Waals surface area (Å²) in [5.41, 5.74) is 3.30. The number of anilines is 1. The van der Waals surface area contributed by atoms with E-state index in [9.17, 15) is 10.1 Å². The van der Waals surface area contributed by atoms with Crippen molar-refractivity contribution in [1.29, 1.82) is 5.26 Å². The molecule has 0 aromatic carbocycles. The lowest BCUT2D eigenvalue weighted by Gasteiger charge is -2.27. The topological polar surface area (TPSA) is 101 Å². The van der Waals surface area contributed by atoms with Crippen molar-refractivity contribution in [1.82, 2.24) is 24.3 Å². The molecule has 0 saturated heterocycles. The number of nitrogens with one attached hydrogen (secondary N) is 1. The van der Waals surface area contributed by atoms with E-state index in [0.29, 0.717) is 17.4 Å². The Balaban J connectivity index is 1.55. The predicted molar refractivity (Wildman–Crippen MR) is 116 cm³/mol. The van der Waals surface area contributed by atoms with Gasteiger partial charge in [-0.2, -0.15) is 10.4 Å². The van der Waals surface area contributed by atoms with Gasteiger partial charge in [-0.1, -0.05) is 31.0 Å². The second kappa shape index (κ2) is 8.48. The third-order valence-electron chi connectivity index (χ3n) is 5.90. The minimum absolute atomic E-state index is 0.151. The van der Waals surface area contributed by atoms with Gasteiger partial charge in [0.05, 0.1) is 22.9 Å². The molecular weight excluding hydrogens is 398 g/mol. The van der Waals surface area contributed by atoms with Crippen molar-refractivity contribution in [3.63, 3.8) is 0 Å². The van der Waals surface area contributed by atoms with Gasteiger partial charge in [0.15, 0.2) is 5.65 Å². The molecular formula is C21H25N7OS. The Labute approximate surface area is 179 Å². The Morgan fingerprint density at radius 2 is 2.07 bits per heavy atom. The van der Waals surface area contributed by atoms with Crippen molar-refractivity contribution >= 4 is 34.5 Å². The number of nitriles is 1. The summed E-state index contributed by atoms with van der Waals surface area (Å²) >= 11 is 1.35. The monoisotopic (exact) mass is 423 g/mol. The molecule has 3 aromatic rings. The fourth-order valence-electron chi connectivity index (χ4n) is 4.24. The lowest BCUT2D eigenvalue weighted by Crippen LogP contribution is -2.21. The molecule has 0 spiro atoms. The van der Waals surface area contributed by atoms with Crippen LogP contribution < -0.4 is 5.32 Å². The number of amides is 1. The van der Waals surface area contributed by atoms with Gasteiger partial charge in [0.2, 0.25) is 5.91 Å². The van der Waals surface area contributed by atoms with Crippen LogP contribution in [-0.2, 0) is 11.8 Å². The smallest absolute Gasteiger partial charge is 0.235 e. The number of aryl methyl sites for hydroxylation is 1. The molecule has 1 N–H and O–H groups in total. The Bertz CT molecular complexity index is 1130. The summed E-state index contributed by atoms with van der Waals surface area (Å²) < 4.78 is 3.86. The van der Waals surface area contributed by atoms with E-state index >= 15 is 0 Å². The van der Waals surface area contributed by atoms with E-state index in [1.807, 2.05) is 20.9 Å². The Hall–Kier alpha value is -2.86. The zero-order chi connectivity index (χ0) is 21.3. The largest absolute Gasteiger partial charge is 0.327 e. The van der Waals surface area contributed by atoms with Gasteiger partial charge in [0.25, 0.3) is 0 Å². The van der Waals surface area contributed by atoms with Gasteiger partial charge in [-0.05, 0) is 32.3 Å². The third kappa shape index (κ3) is 3.67. The molecule has 1 amide bonds. The Kier molecular flexibility index (Phi) is 5.77. The van der Waals surface area contributed by atoms with Crippen LogP contribution in [0.5, 0.6) is 0 Å². The number of thioether (sulfide) groups is 1. The summed E-state index contributed by atoms with van der Waals surface area (Å²) in [4.78, 5) is 21.4. The maximum absolute atomic E-state index is 12.8. The summed E-state index contributed by atoms with van der Waals surface area (Å²) in [6, 6.07) is 2.63. The number of carbonyl (C=O) groups excluding carboxylic acids is 1. The number of hydrogen-bond acceptors (Lipinski definition) is 6. The number of aromatic nitrogens is 5. The molecule has 156 valence electrons. The molecule has 30 heavy (non-hydrogen) atoms. The van der Waals surface area contributed by atoms with Gasteiger partial charge < -0.3 is 9.88 Å². The standard InChI is InChI=1S/C21H25N7OS/c1-13-14(2)28(15-7-5-4-6-8-15)20(16(13)9-22)26-18(29)11-30-21-17-10-25-27(3)19(17)23-12-24-21/h10,12,15H,4-8,11H2,1-3H3,(H,26,29). The molecule has 1 aliphatic carbocycles. The van der Waals surface area contributed by atoms with Crippen LogP contribution in [0.15, 0.2) is 17.6 Å². The second-order valence-corrected chi connectivity index (χ2v) is 8.69. The van der Waals surface area contributed by atoms with E-state index in [0.717, 1.165) is 40.2 Å². The average molecular weight is 424 g/mol. The molecule has 0 radical (unpaired) electrons. The molecule has 3 heterocycles. The summed E-state index contributed by atoms with van der Waals surface area (Å²) in [6.07, 6.45) is 8.97. The normalized spacial score (nSPS) is 14.7. The number of carbonyl (C=O) groups is 1. The summed E-state index contributed by atoms with van der Waals surface area (Å²) in [6.45, 7) is 3.99. The molecule has 1 saturated carbocycles. The number of fused-ring (bicyclic) bond motifs is 1. The second-order valence-electron chi connectivity index (χ2n) is 7.73. The molecule has 3 aromatic heterocycles. The molecule has 0 atom stereocenters. The zero-order valence-corrected chi connectivity index (χ0v) is 18.3. The molecule has 4 rings (SSSR count). The highest BCUT2D eigenvalue weighted by Gasteiger charge is 2.26. The van der Waals surface area contributed by atoms with Crippen LogP contribution in [0, 0.1) is 25.2 Å². The van der Waals surface area contributed by atoms with Crippen molar-refractivity contribution in [2.45, 2.75) is 57.0 Å². The van der Waals surface area contributed by atoms with Gasteiger partial charge in [-0.3, -0.25) is 9.48 Å². The molecule has 9 heteroatoms. The van der Waals surface area contributed by atoms with Crippen LogP contribution in [0.3, 0.4) is 0 Å². The van der Waals surface area contributed by atoms with Crippen LogP contribution in [0.2, 0.25) is 0 Å². The fourth-order valence-corrected chi connectivity index (χ4v) is 5.00. The predicted octanol–water partition coefficient (Wildman–Crippen LogP) is 3.89. The van der Waals surface area contributed by atoms with Crippen LogP contribution in [0.25, 0.3) is 11.0 Å². The summed E-state index contributed by atoms with van der Waals surface area (Å²) in [7, 11) is 1.82. The van der Waals surface area contributed by atoms with Crippen LogP contribution >= 0.6 is 11.8 Å². The van der Waals surface area contributed by atoms with E-state index < -0.39 is 0 Å². The fraction of sp³-hybridized carbons (Fsp3) is 0.476. The van der Waals surface area contributed by atoms with Gasteiger partial charge in [-0.15, -0.1) is 0 Å². The number of rotatable bonds is 5. The number of hydrogen-bond donors (Lipinski definition) is 1. The number of nitrogens with zero attached hydrogens (tertiary/aromatic N) is 6. The van der Waals surface area contributed by atoms with Gasteiger partial charge in [-0.25, -0.2) is 9.97 Å². The molecule has 8 nitrogen and oxygen atoms in total. The highest BCUT2D eigenvalue weighted by molar-refractivity contribution is 8.00. The average Bonchev–Trinajstić information content (AvgIpc) is 3.25. The Morgan fingerprint density at radius 1 is 1.30 bits per heavy atom. The highest BCUT2D eigenvalue weighted by atomic mass is 32.2. The van der Waals surface area contributed by atoms with Crippen LogP contribution in [-0.4, -0.2) is 36.0 Å². The van der Waals surface area contributed by atoms with Crippen molar-refractivity contribution in [3.8, 4) is 6.07 Å². The third-order valence-corrected chi connectivity index (χ3v) is 6.90. The Morgan fingerprint density at radius 3 is 2.80 bits per heavy atom. The minimum Gasteiger partial charge on any atom is -0.327 e. The van der Waals surface area contributed by atoms with Crippen molar-refractivity contribution in [3.05, 3.63) is 29.3 Å². The molecule has 1 aliphatic rings. The summed E-state index contributed by atoms with van der Waals surface area (Å²) in [5.74, 6) is 0.681. The molecule has 0 aliphatic heterocycles. The first-order chi connectivity index (χ1) is 14.5. The van der Waals surface area contributed by atoms with E-state index in [-0.39, 0.29) is 11.7 Å². The van der Waals surface area contributed by atoms with Gasteiger partial charge in [0.1, 0.15) is 23.2 Å². The highest BCUT2D eigenvalue weighted by Crippen LogP contribution is 2.37. The zero-order valence-electron chi connectivity index (χ0n) is 17.5. The lowest BCUT2D eigenvalue weighted by atomic mass is 9.95. The van der Waals surface area contributed by atoms with Crippen molar-refractivity contribution in [2.75, 3.05) is 11.1 Å². The SMILES string of the molecule is Cc1c(C#N)c(NC(=O)CSc2ncnc3c2cnn3C)n(C2CCCCC2)c1C. The molecule has 0 bridgehead atoms. The summed E-state index contributed by atoms with van der Waals surface area (Å²) in [5, 5.41) is 18.5. The first-order valence-corrected chi connectivity index (χ1v) is 11.2. The van der Waals surface area contributed by atoms with E-state index in [1.165, 1.54) is 37.4 Å². The van der Waals surface area contributed by atoms with Gasteiger partial charge in [0, 0.05) is 18.8 Å².